The molecule has 0 unspecified atom stereocenters. The number of nitrogens with zero attached hydrogens (tertiary/aromatic N) is 3. The quantitative estimate of drug-likeness (QED) is 0.864. The van der Waals surface area contributed by atoms with Crippen LogP contribution in [0.3, 0.4) is 0 Å². The van der Waals surface area contributed by atoms with Crippen molar-refractivity contribution in [2.45, 2.75) is 37.5 Å². The summed E-state index contributed by atoms with van der Waals surface area (Å²) in [6, 6.07) is 0. The fourth-order valence-electron chi connectivity index (χ4n) is 1.80. The normalized spacial score (nSPS) is 17.5. The molecule has 0 spiro atoms. The van der Waals surface area contributed by atoms with Crippen LogP contribution in [0.5, 0.6) is 0 Å². The molecule has 0 saturated heterocycles. The number of hydrogen-bond acceptors (Lipinski definition) is 5. The van der Waals surface area contributed by atoms with Gasteiger partial charge in [0, 0.05) is 12.7 Å². The molecule has 0 aromatic carbocycles. The third-order valence-corrected chi connectivity index (χ3v) is 3.83. The monoisotopic (exact) mass is 255 g/mol. The lowest BCUT2D eigenvalue weighted by Gasteiger charge is -2.36. The summed E-state index contributed by atoms with van der Waals surface area (Å²) in [5.41, 5.74) is -0.274. The topological polar surface area (TPSA) is 85.1 Å². The van der Waals surface area contributed by atoms with Gasteiger partial charge in [-0.3, -0.25) is 4.79 Å². The van der Waals surface area contributed by atoms with Gasteiger partial charge >= 0.3 is 5.97 Å². The van der Waals surface area contributed by atoms with E-state index in [0.29, 0.717) is 24.3 Å². The molecule has 1 heterocycles. The lowest BCUT2D eigenvalue weighted by molar-refractivity contribution is -0.153. The van der Waals surface area contributed by atoms with Crippen LogP contribution >= 0.6 is 11.8 Å². The van der Waals surface area contributed by atoms with E-state index in [1.165, 1.54) is 11.6 Å². The summed E-state index contributed by atoms with van der Waals surface area (Å²) < 4.78 is 1.43. The molecule has 7 heteroatoms. The van der Waals surface area contributed by atoms with Crippen molar-refractivity contribution in [2.24, 2.45) is 0 Å². The highest BCUT2D eigenvalue weighted by molar-refractivity contribution is 8.12. The Morgan fingerprint density at radius 1 is 1.59 bits per heavy atom. The zero-order valence-corrected chi connectivity index (χ0v) is 10.2. The van der Waals surface area contributed by atoms with E-state index in [-0.39, 0.29) is 5.12 Å². The lowest BCUT2D eigenvalue weighted by Crippen LogP contribution is -2.48. The first kappa shape index (κ1) is 12.1. The number of rotatable bonds is 4. The Bertz CT molecular complexity index is 453. The number of aromatic nitrogens is 3. The van der Waals surface area contributed by atoms with Gasteiger partial charge in [-0.1, -0.05) is 17.0 Å². The summed E-state index contributed by atoms with van der Waals surface area (Å²) in [5, 5.41) is 17.0. The first-order valence-electron chi connectivity index (χ1n) is 5.33. The lowest BCUT2D eigenvalue weighted by atomic mass is 9.77. The number of carboxylic acid groups (broad SMARTS) is 1. The van der Waals surface area contributed by atoms with Crippen LogP contribution in [0.15, 0.2) is 6.20 Å². The first-order valence-corrected chi connectivity index (χ1v) is 6.32. The van der Waals surface area contributed by atoms with E-state index >= 15 is 0 Å². The predicted octanol–water partition coefficient (Wildman–Crippen LogP) is 1.02. The standard InChI is InChI=1S/C10H13N3O3S/c1-7(14)17-6-8-5-13(12-11-8)10(9(15)16)3-2-4-10/h5H,2-4,6H2,1H3,(H,15,16). The zero-order chi connectivity index (χ0) is 12.5. The molecule has 0 amide bonds. The Kier molecular flexibility index (Phi) is 3.19. The van der Waals surface area contributed by atoms with Gasteiger partial charge in [0.05, 0.1) is 11.9 Å². The summed E-state index contributed by atoms with van der Waals surface area (Å²) in [7, 11) is 0. The number of carbonyl (C=O) groups excluding carboxylic acids is 1. The number of carboxylic acids is 1. The molecule has 0 aliphatic heterocycles. The van der Waals surface area contributed by atoms with Crippen molar-refractivity contribution in [3.63, 3.8) is 0 Å². The van der Waals surface area contributed by atoms with Gasteiger partial charge in [-0.15, -0.1) is 5.10 Å². The molecule has 1 aromatic rings. The van der Waals surface area contributed by atoms with Crippen LogP contribution in [-0.2, 0) is 20.9 Å². The average Bonchev–Trinajstić information content (AvgIpc) is 2.61. The second kappa shape index (κ2) is 4.48. The molecule has 1 aliphatic carbocycles. The molecule has 17 heavy (non-hydrogen) atoms. The van der Waals surface area contributed by atoms with E-state index in [1.54, 1.807) is 6.20 Å². The third-order valence-electron chi connectivity index (χ3n) is 2.98. The van der Waals surface area contributed by atoms with Crippen molar-refractivity contribution in [2.75, 3.05) is 0 Å². The van der Waals surface area contributed by atoms with Gasteiger partial charge in [0.2, 0.25) is 0 Å². The Labute approximate surface area is 102 Å². The predicted molar refractivity (Wildman–Crippen MR) is 61.5 cm³/mol. The van der Waals surface area contributed by atoms with Gasteiger partial charge in [0.15, 0.2) is 10.7 Å². The molecule has 0 atom stereocenters. The van der Waals surface area contributed by atoms with Gasteiger partial charge in [-0.25, -0.2) is 9.48 Å². The first-order chi connectivity index (χ1) is 8.04. The smallest absolute Gasteiger partial charge is 0.331 e. The summed E-state index contributed by atoms with van der Waals surface area (Å²) in [4.78, 5) is 22.0. The Morgan fingerprint density at radius 3 is 2.76 bits per heavy atom. The second-order valence-electron chi connectivity index (χ2n) is 4.12. The van der Waals surface area contributed by atoms with Crippen molar-refractivity contribution >= 4 is 22.8 Å². The van der Waals surface area contributed by atoms with Crippen molar-refractivity contribution < 1.29 is 14.7 Å². The molecule has 1 fully saturated rings. The molecule has 0 bridgehead atoms. The van der Waals surface area contributed by atoms with Crippen LogP contribution in [0.4, 0.5) is 0 Å². The van der Waals surface area contributed by atoms with Gasteiger partial charge < -0.3 is 5.11 Å². The highest BCUT2D eigenvalue weighted by Crippen LogP contribution is 2.38. The summed E-state index contributed by atoms with van der Waals surface area (Å²) in [6.07, 6.45) is 3.70. The molecule has 92 valence electrons. The minimum atomic E-state index is -0.911. The Hall–Kier alpha value is -1.37. The van der Waals surface area contributed by atoms with Crippen molar-refractivity contribution in [1.29, 1.82) is 0 Å². The maximum Gasteiger partial charge on any atom is 0.331 e. The largest absolute Gasteiger partial charge is 0.479 e. The van der Waals surface area contributed by atoms with Crippen LogP contribution < -0.4 is 0 Å². The van der Waals surface area contributed by atoms with Gasteiger partial charge in [0.25, 0.3) is 0 Å². The highest BCUT2D eigenvalue weighted by Gasteiger charge is 2.47. The third kappa shape index (κ3) is 2.19. The van der Waals surface area contributed by atoms with Crippen molar-refractivity contribution in [3.05, 3.63) is 11.9 Å². The SMILES string of the molecule is CC(=O)SCc1cn(C2(C(=O)O)CCC2)nn1. The maximum absolute atomic E-state index is 11.2. The fourth-order valence-corrected chi connectivity index (χ4v) is 2.29. The van der Waals surface area contributed by atoms with Crippen LogP contribution in [0, 0.1) is 0 Å². The molecular weight excluding hydrogens is 242 g/mol. The van der Waals surface area contributed by atoms with E-state index in [1.807, 2.05) is 0 Å². The summed E-state index contributed by atoms with van der Waals surface area (Å²) >= 11 is 1.14. The van der Waals surface area contributed by atoms with Gasteiger partial charge in [0.1, 0.15) is 0 Å². The van der Waals surface area contributed by atoms with Crippen LogP contribution in [0.25, 0.3) is 0 Å². The Morgan fingerprint density at radius 2 is 2.29 bits per heavy atom. The van der Waals surface area contributed by atoms with Crippen LogP contribution in [-0.4, -0.2) is 31.2 Å². The maximum atomic E-state index is 11.2. The number of hydrogen-bond donors (Lipinski definition) is 1. The van der Waals surface area contributed by atoms with Crippen molar-refractivity contribution in [3.8, 4) is 0 Å². The Balaban J connectivity index is 2.12. The van der Waals surface area contributed by atoms with E-state index in [9.17, 15) is 14.7 Å². The summed E-state index contributed by atoms with van der Waals surface area (Å²) in [6.45, 7) is 1.49. The van der Waals surface area contributed by atoms with Crippen molar-refractivity contribution in [1.82, 2.24) is 15.0 Å². The summed E-state index contributed by atoms with van der Waals surface area (Å²) in [5.74, 6) is -0.426. The fraction of sp³-hybridized carbons (Fsp3) is 0.600. The van der Waals surface area contributed by atoms with Gasteiger partial charge in [-0.2, -0.15) is 0 Å². The van der Waals surface area contributed by atoms with Crippen LogP contribution in [0.1, 0.15) is 31.9 Å². The molecule has 1 aromatic heterocycles. The number of carbonyl (C=O) groups is 2. The number of aliphatic carboxylic acids is 1. The zero-order valence-electron chi connectivity index (χ0n) is 9.42. The molecule has 1 saturated carbocycles. The molecule has 6 nitrogen and oxygen atoms in total. The van der Waals surface area contributed by atoms with E-state index < -0.39 is 11.5 Å². The highest BCUT2D eigenvalue weighted by atomic mass is 32.2. The van der Waals surface area contributed by atoms with Crippen LogP contribution in [0.2, 0.25) is 0 Å². The molecular formula is C10H13N3O3S. The van der Waals surface area contributed by atoms with E-state index in [2.05, 4.69) is 10.3 Å². The van der Waals surface area contributed by atoms with E-state index in [4.69, 9.17) is 0 Å². The molecule has 1 N–H and O–H groups in total. The molecule has 1 aliphatic rings. The number of thioether (sulfide) groups is 1. The molecule has 2 rings (SSSR count). The minimum absolute atomic E-state index is 0.0103. The van der Waals surface area contributed by atoms with Gasteiger partial charge in [-0.05, 0) is 19.3 Å². The molecule has 0 radical (unpaired) electrons. The van der Waals surface area contributed by atoms with E-state index in [0.717, 1.165) is 18.2 Å². The minimum Gasteiger partial charge on any atom is -0.479 e. The average molecular weight is 255 g/mol. The second-order valence-corrected chi connectivity index (χ2v) is 5.28.